The van der Waals surface area contributed by atoms with Crippen LogP contribution in [0.25, 0.3) is 10.8 Å². The van der Waals surface area contributed by atoms with Gasteiger partial charge in [0.1, 0.15) is 0 Å². The number of rotatable bonds is 2. The van der Waals surface area contributed by atoms with Crippen LogP contribution in [0, 0.1) is 0 Å². The Morgan fingerprint density at radius 1 is 1.37 bits per heavy atom. The molecule has 0 unspecified atom stereocenters. The van der Waals surface area contributed by atoms with Crippen molar-refractivity contribution in [2.24, 2.45) is 0 Å². The summed E-state index contributed by atoms with van der Waals surface area (Å²) in [5, 5.41) is 2.16. The van der Waals surface area contributed by atoms with Crippen LogP contribution in [0.4, 0.5) is 5.69 Å². The van der Waals surface area contributed by atoms with Crippen molar-refractivity contribution in [2.75, 3.05) is 23.8 Å². The second-order valence-electron chi connectivity index (χ2n) is 4.24. The molecule has 1 saturated heterocycles. The Bertz CT molecular complexity index is 624. The summed E-state index contributed by atoms with van der Waals surface area (Å²) in [4.78, 5) is 11.5. The molecule has 1 heterocycles. The maximum atomic E-state index is 11.5. The predicted molar refractivity (Wildman–Crippen MR) is 78.2 cm³/mol. The minimum absolute atomic E-state index is 0.305. The van der Waals surface area contributed by atoms with Gasteiger partial charge in [-0.3, -0.25) is 0 Å². The van der Waals surface area contributed by atoms with Crippen LogP contribution in [0.3, 0.4) is 0 Å². The molecule has 1 aliphatic rings. The minimum Gasteiger partial charge on any atom is -0.465 e. The Hall–Kier alpha value is -1.72. The molecule has 19 heavy (non-hydrogen) atoms. The lowest BCUT2D eigenvalue weighted by molar-refractivity contribution is 0.0601. The number of carbonyl (C=O) groups is 1. The summed E-state index contributed by atoms with van der Waals surface area (Å²) in [6.07, 6.45) is 0. The molecule has 3 rings (SSSR count). The topological polar surface area (TPSA) is 41.6 Å². The number of nitrogens with zero attached hydrogens (tertiary/aromatic N) is 1. The summed E-state index contributed by atoms with van der Waals surface area (Å²) in [7, 11) is 1.40. The number of ether oxygens (including phenoxy) is 1. The number of fused-ring (bicyclic) bond motifs is 1. The van der Waals surface area contributed by atoms with Crippen molar-refractivity contribution in [3.05, 3.63) is 42.0 Å². The molecule has 0 atom stereocenters. The maximum Gasteiger partial charge on any atom is 0.337 e. The van der Waals surface area contributed by atoms with Crippen LogP contribution < -0.4 is 9.84 Å². The fourth-order valence-electron chi connectivity index (χ4n) is 2.17. The summed E-state index contributed by atoms with van der Waals surface area (Å²) in [5.41, 5.74) is 5.02. The molecule has 5 heteroatoms. The molecule has 0 bridgehead atoms. The highest BCUT2D eigenvalue weighted by atomic mass is 32.2. The molecule has 0 aromatic heterocycles. The molecule has 0 radical (unpaired) electrons. The van der Waals surface area contributed by atoms with Gasteiger partial charge in [-0.05, 0) is 35.5 Å². The fraction of sp³-hybridized carbons (Fsp3) is 0.214. The van der Waals surface area contributed by atoms with E-state index in [4.69, 9.17) is 4.74 Å². The van der Waals surface area contributed by atoms with E-state index in [1.54, 1.807) is 18.0 Å². The minimum atomic E-state index is -0.305. The lowest BCUT2D eigenvalue weighted by Gasteiger charge is -2.18. The van der Waals surface area contributed by atoms with Crippen LogP contribution in [0.15, 0.2) is 36.4 Å². The number of hydrogen-bond donors (Lipinski definition) is 1. The monoisotopic (exact) mass is 274 g/mol. The number of anilines is 1. The molecule has 2 aromatic rings. The molecule has 1 N–H and O–H groups in total. The lowest BCUT2D eigenvalue weighted by Crippen LogP contribution is -2.25. The van der Waals surface area contributed by atoms with E-state index in [0.717, 1.165) is 28.8 Å². The van der Waals surface area contributed by atoms with E-state index < -0.39 is 0 Å². The Morgan fingerprint density at radius 2 is 2.26 bits per heavy atom. The van der Waals surface area contributed by atoms with Gasteiger partial charge in [0.25, 0.3) is 0 Å². The van der Waals surface area contributed by atoms with E-state index >= 15 is 0 Å². The van der Waals surface area contributed by atoms with Gasteiger partial charge in [0, 0.05) is 17.7 Å². The van der Waals surface area contributed by atoms with E-state index in [2.05, 4.69) is 15.9 Å². The number of hydrazine groups is 1. The van der Waals surface area contributed by atoms with Gasteiger partial charge in [0.15, 0.2) is 0 Å². The number of esters is 1. The van der Waals surface area contributed by atoms with Crippen molar-refractivity contribution >= 4 is 34.4 Å². The molecule has 98 valence electrons. The zero-order valence-corrected chi connectivity index (χ0v) is 11.4. The first kappa shape index (κ1) is 12.3. The van der Waals surface area contributed by atoms with E-state index in [1.807, 2.05) is 24.3 Å². The molecule has 0 aliphatic carbocycles. The van der Waals surface area contributed by atoms with Gasteiger partial charge in [0.05, 0.1) is 18.4 Å². The molecule has 2 aromatic carbocycles. The highest BCUT2D eigenvalue weighted by Crippen LogP contribution is 2.31. The summed E-state index contributed by atoms with van der Waals surface area (Å²) in [5.74, 6) is 0.761. The first-order valence-corrected chi connectivity index (χ1v) is 7.01. The van der Waals surface area contributed by atoms with Gasteiger partial charge in [-0.15, -0.1) is 0 Å². The Morgan fingerprint density at radius 3 is 3.00 bits per heavy atom. The quantitative estimate of drug-likeness (QED) is 0.673. The second-order valence-corrected chi connectivity index (χ2v) is 5.27. The Kier molecular flexibility index (Phi) is 3.31. The summed E-state index contributed by atoms with van der Waals surface area (Å²) in [6.45, 7) is 0.974. The summed E-state index contributed by atoms with van der Waals surface area (Å²) < 4.78 is 6.83. The molecular formula is C14H14N2O2S. The highest BCUT2D eigenvalue weighted by Gasteiger charge is 2.16. The maximum absolute atomic E-state index is 11.5. The van der Waals surface area contributed by atoms with E-state index in [9.17, 15) is 4.79 Å². The van der Waals surface area contributed by atoms with Gasteiger partial charge in [-0.2, -0.15) is 0 Å². The van der Waals surface area contributed by atoms with Gasteiger partial charge in [-0.1, -0.05) is 18.2 Å². The van der Waals surface area contributed by atoms with Crippen LogP contribution in [0.1, 0.15) is 10.4 Å². The number of methoxy groups -OCH3 is 1. The van der Waals surface area contributed by atoms with Crippen molar-refractivity contribution < 1.29 is 9.53 Å². The molecule has 4 nitrogen and oxygen atoms in total. The third-order valence-electron chi connectivity index (χ3n) is 3.08. The largest absolute Gasteiger partial charge is 0.465 e. The zero-order valence-electron chi connectivity index (χ0n) is 10.6. The molecular weight excluding hydrogens is 260 g/mol. The molecule has 1 fully saturated rings. The van der Waals surface area contributed by atoms with E-state index in [-0.39, 0.29) is 5.97 Å². The van der Waals surface area contributed by atoms with Crippen molar-refractivity contribution in [1.82, 2.24) is 5.43 Å². The van der Waals surface area contributed by atoms with Crippen molar-refractivity contribution in [3.8, 4) is 0 Å². The molecule has 0 amide bonds. The summed E-state index contributed by atoms with van der Waals surface area (Å²) >= 11 is 1.76. The zero-order chi connectivity index (χ0) is 13.2. The third kappa shape index (κ3) is 2.27. The van der Waals surface area contributed by atoms with Gasteiger partial charge >= 0.3 is 5.97 Å². The number of hydrogen-bond acceptors (Lipinski definition) is 5. The number of nitrogens with one attached hydrogen (secondary N) is 1. The first-order chi connectivity index (χ1) is 9.29. The SMILES string of the molecule is COC(=O)c1ccc2c(N3NCCS3)cccc2c1. The fourth-order valence-corrected chi connectivity index (χ4v) is 3.02. The van der Waals surface area contributed by atoms with E-state index in [1.165, 1.54) is 7.11 Å². The number of benzene rings is 2. The van der Waals surface area contributed by atoms with Crippen molar-refractivity contribution in [1.29, 1.82) is 0 Å². The Labute approximate surface area is 115 Å². The van der Waals surface area contributed by atoms with Crippen LogP contribution in [0.2, 0.25) is 0 Å². The smallest absolute Gasteiger partial charge is 0.337 e. The average molecular weight is 274 g/mol. The Balaban J connectivity index is 2.08. The molecule has 0 saturated carbocycles. The van der Waals surface area contributed by atoms with Crippen LogP contribution in [-0.4, -0.2) is 25.4 Å². The second kappa shape index (κ2) is 5.11. The average Bonchev–Trinajstić information content (AvgIpc) is 2.99. The van der Waals surface area contributed by atoms with E-state index in [0.29, 0.717) is 5.56 Å². The van der Waals surface area contributed by atoms with Gasteiger partial charge < -0.3 is 4.74 Å². The predicted octanol–water partition coefficient (Wildman–Crippen LogP) is 2.60. The first-order valence-electron chi connectivity index (χ1n) is 6.07. The van der Waals surface area contributed by atoms with Crippen LogP contribution in [0.5, 0.6) is 0 Å². The highest BCUT2D eigenvalue weighted by molar-refractivity contribution is 8.00. The number of carbonyl (C=O) groups excluding carboxylic acids is 1. The third-order valence-corrected chi connectivity index (χ3v) is 4.05. The standard InChI is InChI=1S/C14H14N2O2S/c1-18-14(17)11-5-6-12-10(9-11)3-2-4-13(12)16-15-7-8-19-16/h2-6,9,15H,7-8H2,1H3. The summed E-state index contributed by atoms with van der Waals surface area (Å²) in [6, 6.07) is 11.7. The molecule has 1 aliphatic heterocycles. The normalized spacial score (nSPS) is 14.9. The van der Waals surface area contributed by atoms with Crippen molar-refractivity contribution in [3.63, 3.8) is 0 Å². The van der Waals surface area contributed by atoms with Crippen LogP contribution >= 0.6 is 11.9 Å². The molecule has 0 spiro atoms. The van der Waals surface area contributed by atoms with Gasteiger partial charge in [-0.25, -0.2) is 14.6 Å². The van der Waals surface area contributed by atoms with Crippen molar-refractivity contribution in [2.45, 2.75) is 0 Å². The van der Waals surface area contributed by atoms with Gasteiger partial charge in [0.2, 0.25) is 0 Å². The van der Waals surface area contributed by atoms with Crippen LogP contribution in [-0.2, 0) is 4.74 Å². The lowest BCUT2D eigenvalue weighted by atomic mass is 10.1.